The summed E-state index contributed by atoms with van der Waals surface area (Å²) in [6, 6.07) is 4.46. The molecule has 1 aliphatic heterocycles. The highest BCUT2D eigenvalue weighted by atomic mass is 32.2. The van der Waals surface area contributed by atoms with Crippen molar-refractivity contribution in [2.24, 2.45) is 0 Å². The van der Waals surface area contributed by atoms with Gasteiger partial charge in [0.1, 0.15) is 5.82 Å². The molecule has 5 heteroatoms. The Labute approximate surface area is 108 Å². The van der Waals surface area contributed by atoms with Crippen molar-refractivity contribution in [3.8, 4) is 0 Å². The van der Waals surface area contributed by atoms with Gasteiger partial charge in [-0.3, -0.25) is 4.57 Å². The van der Waals surface area contributed by atoms with E-state index in [1.807, 2.05) is 11.8 Å². The first kappa shape index (κ1) is 11.8. The Morgan fingerprint density at radius 2 is 2.33 bits per heavy atom. The van der Waals surface area contributed by atoms with E-state index in [2.05, 4.69) is 4.98 Å². The number of nitrogens with one attached hydrogen (secondary N) is 1. The number of nitrogens with zero attached hydrogens (tertiary/aromatic N) is 1. The molecule has 0 bridgehead atoms. The molecule has 0 aliphatic carbocycles. The Kier molecular flexibility index (Phi) is 3.16. The number of fused-ring (bicyclic) bond motifs is 1. The Hall–Kier alpha value is -1.23. The summed E-state index contributed by atoms with van der Waals surface area (Å²) in [5, 5.41) is 0.500. The zero-order valence-electron chi connectivity index (χ0n) is 9.99. The van der Waals surface area contributed by atoms with Crippen molar-refractivity contribution in [2.75, 3.05) is 5.75 Å². The molecule has 1 aromatic carbocycles. The van der Waals surface area contributed by atoms with Crippen LogP contribution < -0.4 is 5.69 Å². The van der Waals surface area contributed by atoms with Crippen LogP contribution >= 0.6 is 11.8 Å². The third-order valence-electron chi connectivity index (χ3n) is 3.40. The number of rotatable bonds is 2. The molecule has 0 radical (unpaired) electrons. The number of aromatic nitrogens is 2. The van der Waals surface area contributed by atoms with E-state index in [4.69, 9.17) is 0 Å². The SMILES string of the molecule is O=c1[nH]c2cc(F)ccc2n1CC1CCCCS1. The van der Waals surface area contributed by atoms with Gasteiger partial charge in [0, 0.05) is 11.8 Å². The molecule has 3 rings (SSSR count). The lowest BCUT2D eigenvalue weighted by Gasteiger charge is -2.21. The van der Waals surface area contributed by atoms with E-state index < -0.39 is 0 Å². The fourth-order valence-corrected chi connectivity index (χ4v) is 3.76. The molecule has 3 nitrogen and oxygen atoms in total. The van der Waals surface area contributed by atoms with Crippen LogP contribution in [0.15, 0.2) is 23.0 Å². The topological polar surface area (TPSA) is 37.8 Å². The maximum Gasteiger partial charge on any atom is 0.326 e. The average molecular weight is 266 g/mol. The molecule has 1 N–H and O–H groups in total. The molecule has 0 saturated carbocycles. The van der Waals surface area contributed by atoms with Gasteiger partial charge < -0.3 is 4.98 Å². The third-order valence-corrected chi connectivity index (χ3v) is 4.78. The van der Waals surface area contributed by atoms with Crippen LogP contribution in [0.3, 0.4) is 0 Å². The second kappa shape index (κ2) is 4.80. The van der Waals surface area contributed by atoms with Gasteiger partial charge in [-0.05, 0) is 36.8 Å². The zero-order valence-corrected chi connectivity index (χ0v) is 10.8. The second-order valence-corrected chi connectivity index (χ2v) is 6.10. The third kappa shape index (κ3) is 2.19. The van der Waals surface area contributed by atoms with Crippen LogP contribution in [-0.4, -0.2) is 20.6 Å². The minimum absolute atomic E-state index is 0.137. The van der Waals surface area contributed by atoms with E-state index in [0.29, 0.717) is 10.8 Å². The van der Waals surface area contributed by atoms with Gasteiger partial charge in [0.2, 0.25) is 0 Å². The van der Waals surface area contributed by atoms with E-state index in [0.717, 1.165) is 18.5 Å². The van der Waals surface area contributed by atoms with E-state index in [1.165, 1.54) is 30.7 Å². The Balaban J connectivity index is 1.95. The maximum atomic E-state index is 13.1. The van der Waals surface area contributed by atoms with Crippen LogP contribution in [0.1, 0.15) is 19.3 Å². The first-order chi connectivity index (χ1) is 8.74. The van der Waals surface area contributed by atoms with E-state index in [1.54, 1.807) is 10.6 Å². The van der Waals surface area contributed by atoms with Crippen molar-refractivity contribution in [3.05, 3.63) is 34.5 Å². The molecule has 1 unspecified atom stereocenters. The summed E-state index contributed by atoms with van der Waals surface area (Å²) in [6.07, 6.45) is 3.67. The number of halogens is 1. The lowest BCUT2D eigenvalue weighted by atomic mass is 10.2. The lowest BCUT2D eigenvalue weighted by Crippen LogP contribution is -2.24. The first-order valence-electron chi connectivity index (χ1n) is 6.24. The van der Waals surface area contributed by atoms with Gasteiger partial charge in [-0.25, -0.2) is 9.18 Å². The molecular formula is C13H15FN2OS. The van der Waals surface area contributed by atoms with E-state index >= 15 is 0 Å². The number of aromatic amines is 1. The molecule has 0 amide bonds. The molecule has 1 fully saturated rings. The maximum absolute atomic E-state index is 13.1. The normalized spacial score (nSPS) is 20.4. The van der Waals surface area contributed by atoms with Gasteiger partial charge >= 0.3 is 5.69 Å². The highest BCUT2D eigenvalue weighted by Gasteiger charge is 2.17. The zero-order chi connectivity index (χ0) is 12.5. The van der Waals surface area contributed by atoms with Crippen LogP contribution in [0.2, 0.25) is 0 Å². The number of imidazole rings is 1. The summed E-state index contributed by atoms with van der Waals surface area (Å²) < 4.78 is 14.8. The smallest absolute Gasteiger partial charge is 0.305 e. The summed E-state index contributed by atoms with van der Waals surface area (Å²) in [5.41, 5.74) is 1.25. The van der Waals surface area contributed by atoms with Crippen LogP contribution in [0.25, 0.3) is 11.0 Å². The summed E-state index contributed by atoms with van der Waals surface area (Å²) in [5.74, 6) is 0.860. The van der Waals surface area contributed by atoms with Gasteiger partial charge in [-0.2, -0.15) is 11.8 Å². The van der Waals surface area contributed by atoms with Gasteiger partial charge in [0.05, 0.1) is 11.0 Å². The molecular weight excluding hydrogens is 251 g/mol. The van der Waals surface area contributed by atoms with Crippen molar-refractivity contribution in [2.45, 2.75) is 31.1 Å². The van der Waals surface area contributed by atoms with Gasteiger partial charge in [-0.1, -0.05) is 6.42 Å². The number of hydrogen-bond donors (Lipinski definition) is 1. The molecule has 0 spiro atoms. The highest BCUT2D eigenvalue weighted by Crippen LogP contribution is 2.26. The van der Waals surface area contributed by atoms with Crippen molar-refractivity contribution in [1.29, 1.82) is 0 Å². The molecule has 18 heavy (non-hydrogen) atoms. The summed E-state index contributed by atoms with van der Waals surface area (Å²) in [4.78, 5) is 14.6. The number of thioether (sulfide) groups is 1. The molecule has 1 aliphatic rings. The second-order valence-electron chi connectivity index (χ2n) is 4.69. The minimum atomic E-state index is -0.317. The molecule has 1 atom stereocenters. The summed E-state index contributed by atoms with van der Waals surface area (Å²) in [6.45, 7) is 0.717. The van der Waals surface area contributed by atoms with E-state index in [9.17, 15) is 9.18 Å². The van der Waals surface area contributed by atoms with Crippen LogP contribution in [0, 0.1) is 5.82 Å². The number of H-pyrrole nitrogens is 1. The van der Waals surface area contributed by atoms with Crippen LogP contribution in [0.5, 0.6) is 0 Å². The van der Waals surface area contributed by atoms with Gasteiger partial charge in [-0.15, -0.1) is 0 Å². The Morgan fingerprint density at radius 3 is 3.11 bits per heavy atom. The predicted octanol–water partition coefficient (Wildman–Crippen LogP) is 2.75. The molecule has 1 aromatic heterocycles. The fraction of sp³-hybridized carbons (Fsp3) is 0.462. The molecule has 1 saturated heterocycles. The Morgan fingerprint density at radius 1 is 1.44 bits per heavy atom. The fourth-order valence-electron chi connectivity index (χ4n) is 2.47. The standard InChI is InChI=1S/C13H15FN2OS/c14-9-4-5-12-11(7-9)15-13(17)16(12)8-10-3-1-2-6-18-10/h4-5,7,10H,1-3,6,8H2,(H,15,17). The molecule has 2 aromatic rings. The summed E-state index contributed by atoms with van der Waals surface area (Å²) >= 11 is 1.93. The largest absolute Gasteiger partial charge is 0.326 e. The van der Waals surface area contributed by atoms with Crippen molar-refractivity contribution < 1.29 is 4.39 Å². The van der Waals surface area contributed by atoms with Gasteiger partial charge in [0.25, 0.3) is 0 Å². The lowest BCUT2D eigenvalue weighted by molar-refractivity contribution is 0.582. The van der Waals surface area contributed by atoms with Crippen LogP contribution in [0.4, 0.5) is 4.39 Å². The molecule has 2 heterocycles. The van der Waals surface area contributed by atoms with Crippen LogP contribution in [-0.2, 0) is 6.54 Å². The number of hydrogen-bond acceptors (Lipinski definition) is 2. The highest BCUT2D eigenvalue weighted by molar-refractivity contribution is 7.99. The minimum Gasteiger partial charge on any atom is -0.305 e. The monoisotopic (exact) mass is 266 g/mol. The Bertz CT molecular complexity index is 613. The van der Waals surface area contributed by atoms with Crippen molar-refractivity contribution in [3.63, 3.8) is 0 Å². The predicted molar refractivity (Wildman–Crippen MR) is 72.6 cm³/mol. The first-order valence-corrected chi connectivity index (χ1v) is 7.28. The van der Waals surface area contributed by atoms with Crippen molar-refractivity contribution >= 4 is 22.8 Å². The van der Waals surface area contributed by atoms with Gasteiger partial charge in [0.15, 0.2) is 0 Å². The number of benzene rings is 1. The average Bonchev–Trinajstić information content (AvgIpc) is 2.66. The summed E-state index contributed by atoms with van der Waals surface area (Å²) in [7, 11) is 0. The quantitative estimate of drug-likeness (QED) is 0.907. The van der Waals surface area contributed by atoms with Crippen molar-refractivity contribution in [1.82, 2.24) is 9.55 Å². The molecule has 96 valence electrons. The van der Waals surface area contributed by atoms with E-state index in [-0.39, 0.29) is 11.5 Å².